The molecule has 3 aromatic rings. The summed E-state index contributed by atoms with van der Waals surface area (Å²) in [5.41, 5.74) is 7.75. The van der Waals surface area contributed by atoms with E-state index in [9.17, 15) is 14.7 Å². The zero-order valence-electron chi connectivity index (χ0n) is 22.5. The van der Waals surface area contributed by atoms with Gasteiger partial charge in [0.25, 0.3) is 5.91 Å². The molecule has 2 fully saturated rings. The van der Waals surface area contributed by atoms with Gasteiger partial charge in [0, 0.05) is 31.2 Å². The zero-order chi connectivity index (χ0) is 27.6. The van der Waals surface area contributed by atoms with Gasteiger partial charge in [0.2, 0.25) is 0 Å². The molecule has 40 heavy (non-hydrogen) atoms. The van der Waals surface area contributed by atoms with Gasteiger partial charge in [0.05, 0.1) is 6.04 Å². The van der Waals surface area contributed by atoms with Crippen molar-refractivity contribution in [3.05, 3.63) is 60.2 Å². The van der Waals surface area contributed by atoms with Crippen LogP contribution in [0.4, 0.5) is 10.6 Å². The molecule has 0 saturated carbocycles. The second-order valence-electron chi connectivity index (χ2n) is 11.0. The van der Waals surface area contributed by atoms with Gasteiger partial charge in [-0.2, -0.15) is 5.10 Å². The first-order valence-electron chi connectivity index (χ1n) is 14.2. The van der Waals surface area contributed by atoms with E-state index in [0.717, 1.165) is 63.1 Å². The van der Waals surface area contributed by atoms with Gasteiger partial charge in [-0.05, 0) is 87.5 Å². The maximum Gasteiger partial charge on any atom is 0.407 e. The molecule has 3 aliphatic heterocycles. The number of hydrogen-bond donors (Lipinski definition) is 3. The quantitative estimate of drug-likeness (QED) is 0.412. The average molecular weight is 545 g/mol. The third-order valence-electron chi connectivity index (χ3n) is 8.68. The van der Waals surface area contributed by atoms with Crippen molar-refractivity contribution in [2.45, 2.75) is 44.2 Å². The molecule has 4 heterocycles. The number of aromatic nitrogens is 2. The molecule has 4 N–H and O–H groups in total. The highest BCUT2D eigenvalue weighted by atomic mass is 16.5. The molecule has 6 rings (SSSR count). The molecule has 3 aliphatic rings. The Hall–Kier alpha value is -4.05. The first kappa shape index (κ1) is 26.2. The Morgan fingerprint density at radius 3 is 2.23 bits per heavy atom. The summed E-state index contributed by atoms with van der Waals surface area (Å²) >= 11 is 0. The van der Waals surface area contributed by atoms with Crippen LogP contribution in [0.1, 0.15) is 48.5 Å². The lowest BCUT2D eigenvalue weighted by atomic mass is 9.85. The first-order valence-corrected chi connectivity index (χ1v) is 14.2. The highest BCUT2D eigenvalue weighted by molar-refractivity contribution is 6.03. The van der Waals surface area contributed by atoms with E-state index in [-0.39, 0.29) is 6.04 Å². The summed E-state index contributed by atoms with van der Waals surface area (Å²) in [6.07, 6.45) is 4.02. The smallest absolute Gasteiger partial charge is 0.407 e. The summed E-state index contributed by atoms with van der Waals surface area (Å²) in [4.78, 5) is 28.0. The summed E-state index contributed by atoms with van der Waals surface area (Å²) in [5.74, 6) is 2.14. The van der Waals surface area contributed by atoms with E-state index >= 15 is 0 Å². The number of piperidine rings is 2. The van der Waals surface area contributed by atoms with E-state index in [4.69, 9.17) is 15.6 Å². The number of rotatable bonds is 6. The summed E-state index contributed by atoms with van der Waals surface area (Å²) in [7, 11) is 0. The van der Waals surface area contributed by atoms with E-state index in [1.807, 2.05) is 59.3 Å². The first-order chi connectivity index (χ1) is 19.5. The van der Waals surface area contributed by atoms with Crippen LogP contribution >= 0.6 is 0 Å². The van der Waals surface area contributed by atoms with Crippen molar-refractivity contribution in [2.75, 3.05) is 38.0 Å². The molecular formula is C30H36N6O4. The highest BCUT2D eigenvalue weighted by Crippen LogP contribution is 2.40. The van der Waals surface area contributed by atoms with Crippen LogP contribution in [0.5, 0.6) is 11.5 Å². The number of fused-ring (bicyclic) bond motifs is 1. The molecule has 2 aromatic carbocycles. The number of amides is 2. The Kier molecular flexibility index (Phi) is 7.34. The van der Waals surface area contributed by atoms with Crippen molar-refractivity contribution in [1.82, 2.24) is 19.6 Å². The Morgan fingerprint density at radius 2 is 1.57 bits per heavy atom. The second kappa shape index (κ2) is 11.2. The van der Waals surface area contributed by atoms with Crippen molar-refractivity contribution in [1.29, 1.82) is 0 Å². The lowest BCUT2D eigenvalue weighted by molar-refractivity contribution is 0.0625. The van der Waals surface area contributed by atoms with Crippen LogP contribution in [-0.4, -0.2) is 75.5 Å². The minimum atomic E-state index is -0.816. The van der Waals surface area contributed by atoms with Crippen LogP contribution < -0.4 is 15.8 Å². The molecule has 1 aromatic heterocycles. The Morgan fingerprint density at radius 1 is 0.900 bits per heavy atom. The average Bonchev–Trinajstić information content (AvgIpc) is 3.39. The number of carbonyl (C=O) groups excluding carboxylic acids is 1. The number of benzene rings is 2. The molecule has 2 saturated heterocycles. The van der Waals surface area contributed by atoms with Crippen LogP contribution in [0.2, 0.25) is 0 Å². The van der Waals surface area contributed by atoms with Gasteiger partial charge in [0.1, 0.15) is 28.6 Å². The lowest BCUT2D eigenvalue weighted by Crippen LogP contribution is -2.49. The number of nitrogens with one attached hydrogen (secondary N) is 1. The molecule has 10 heteroatoms. The van der Waals surface area contributed by atoms with Gasteiger partial charge in [-0.3, -0.25) is 4.79 Å². The normalized spacial score (nSPS) is 20.5. The summed E-state index contributed by atoms with van der Waals surface area (Å²) in [6, 6.07) is 17.9. The fourth-order valence-electron chi connectivity index (χ4n) is 6.57. The van der Waals surface area contributed by atoms with E-state index in [1.54, 1.807) is 0 Å². The number of carboxylic acid groups (broad SMARTS) is 1. The largest absolute Gasteiger partial charge is 0.465 e. The molecule has 0 radical (unpaired) electrons. The van der Waals surface area contributed by atoms with Crippen molar-refractivity contribution < 1.29 is 19.4 Å². The molecule has 0 unspecified atom stereocenters. The summed E-state index contributed by atoms with van der Waals surface area (Å²) < 4.78 is 7.94. The third-order valence-corrected chi connectivity index (χ3v) is 8.68. The standard InChI is InChI=1S/C30H36N6O4/c31-28(37)26-27(21-6-8-24(9-7-21)40-23-4-2-1-3-5-23)33-36-25(10-15-32-29(26)36)20-11-16-34(17-12-20)22-13-18-35(19-14-22)30(38)39/h1-9,20,22,25,32H,10-19H2,(H2,31,37)(H,38,39)/t25-/m0/s1. The maximum atomic E-state index is 12.7. The zero-order valence-corrected chi connectivity index (χ0v) is 22.5. The minimum absolute atomic E-state index is 0.194. The Labute approximate surface area is 233 Å². The van der Waals surface area contributed by atoms with Crippen molar-refractivity contribution in [3.63, 3.8) is 0 Å². The van der Waals surface area contributed by atoms with Crippen LogP contribution in [0.25, 0.3) is 11.3 Å². The van der Waals surface area contributed by atoms with Crippen LogP contribution in [0, 0.1) is 5.92 Å². The molecule has 1 atom stereocenters. The van der Waals surface area contributed by atoms with Crippen LogP contribution in [-0.2, 0) is 0 Å². The van der Waals surface area contributed by atoms with Gasteiger partial charge in [0.15, 0.2) is 0 Å². The van der Waals surface area contributed by atoms with Gasteiger partial charge >= 0.3 is 6.09 Å². The predicted molar refractivity (Wildman–Crippen MR) is 152 cm³/mol. The second-order valence-corrected chi connectivity index (χ2v) is 11.0. The van der Waals surface area contributed by atoms with Crippen molar-refractivity contribution in [3.8, 4) is 22.8 Å². The number of ether oxygens (including phenoxy) is 1. The molecule has 0 bridgehead atoms. The van der Waals surface area contributed by atoms with Gasteiger partial charge in [-0.15, -0.1) is 0 Å². The molecule has 2 amide bonds. The number of nitrogens with two attached hydrogens (primary N) is 1. The number of primary amides is 1. The monoisotopic (exact) mass is 544 g/mol. The van der Waals surface area contributed by atoms with E-state index < -0.39 is 12.0 Å². The van der Waals surface area contributed by atoms with Crippen molar-refractivity contribution in [2.24, 2.45) is 11.7 Å². The van der Waals surface area contributed by atoms with E-state index in [0.29, 0.717) is 47.9 Å². The van der Waals surface area contributed by atoms with Gasteiger partial charge < -0.3 is 30.7 Å². The molecule has 0 aliphatic carbocycles. The summed E-state index contributed by atoms with van der Waals surface area (Å²) in [6.45, 7) is 4.00. The van der Waals surface area contributed by atoms with Crippen molar-refractivity contribution >= 4 is 17.8 Å². The third kappa shape index (κ3) is 5.23. The minimum Gasteiger partial charge on any atom is -0.465 e. The number of hydrogen-bond acceptors (Lipinski definition) is 6. The van der Waals surface area contributed by atoms with E-state index in [1.165, 1.54) is 4.90 Å². The molecule has 210 valence electrons. The van der Waals surface area contributed by atoms with E-state index in [2.05, 4.69) is 10.2 Å². The topological polar surface area (TPSA) is 126 Å². The van der Waals surface area contributed by atoms with Gasteiger partial charge in [-0.25, -0.2) is 9.48 Å². The molecule has 0 spiro atoms. The highest BCUT2D eigenvalue weighted by Gasteiger charge is 2.37. The number of likely N-dealkylation sites (tertiary alicyclic amines) is 2. The number of nitrogens with zero attached hydrogens (tertiary/aromatic N) is 4. The molecular weight excluding hydrogens is 508 g/mol. The van der Waals surface area contributed by atoms with Crippen LogP contribution in [0.3, 0.4) is 0 Å². The Bertz CT molecular complexity index is 1340. The number of carbonyl (C=O) groups is 2. The lowest BCUT2D eigenvalue weighted by Gasteiger charge is -2.43. The van der Waals surface area contributed by atoms with Crippen LogP contribution in [0.15, 0.2) is 54.6 Å². The predicted octanol–water partition coefficient (Wildman–Crippen LogP) is 4.65. The van der Waals surface area contributed by atoms with Gasteiger partial charge in [-0.1, -0.05) is 18.2 Å². The number of para-hydroxylation sites is 1. The fourth-order valence-corrected chi connectivity index (χ4v) is 6.57. The SMILES string of the molecule is NC(=O)c1c(-c2ccc(Oc3ccccc3)cc2)nn2c1NCC[C@H]2C1CCN(C2CCN(C(=O)O)CC2)CC1. The molecule has 10 nitrogen and oxygen atoms in total. The summed E-state index contributed by atoms with van der Waals surface area (Å²) in [5, 5.41) is 17.6. The number of anilines is 1. The maximum absolute atomic E-state index is 12.7. The fraction of sp³-hybridized carbons (Fsp3) is 0.433. The Balaban J connectivity index is 1.17.